The molecule has 0 saturated heterocycles. The Morgan fingerprint density at radius 3 is 2.11 bits per heavy atom. The van der Waals surface area contributed by atoms with Crippen LogP contribution >= 0.6 is 0 Å². The van der Waals surface area contributed by atoms with E-state index in [1.54, 1.807) is 11.9 Å². The van der Waals surface area contributed by atoms with E-state index in [4.69, 9.17) is 0 Å². The molecule has 0 aliphatic carbocycles. The van der Waals surface area contributed by atoms with Gasteiger partial charge in [0.1, 0.15) is 0 Å². The molecule has 0 N–H and O–H groups in total. The van der Waals surface area contributed by atoms with E-state index in [1.165, 1.54) is 7.05 Å². The van der Waals surface area contributed by atoms with Crippen molar-refractivity contribution < 1.29 is 4.79 Å². The predicted molar refractivity (Wildman–Crippen MR) is 36.4 cm³/mol. The van der Waals surface area contributed by atoms with Gasteiger partial charge in [-0.2, -0.15) is 0 Å². The molecule has 0 unspecified atom stereocenters. The van der Waals surface area contributed by atoms with Gasteiger partial charge in [-0.3, -0.25) is 0 Å². The van der Waals surface area contributed by atoms with Gasteiger partial charge in [-0.05, 0) is 13.8 Å². The summed E-state index contributed by atoms with van der Waals surface area (Å²) < 4.78 is 0. The summed E-state index contributed by atoms with van der Waals surface area (Å²) in [5.74, 6) is 0. The summed E-state index contributed by atoms with van der Waals surface area (Å²) in [4.78, 5) is 12.3. The van der Waals surface area contributed by atoms with Gasteiger partial charge in [0.15, 0.2) is 0 Å². The summed E-state index contributed by atoms with van der Waals surface area (Å²) in [6.45, 7) is 3.90. The van der Waals surface area contributed by atoms with Crippen molar-refractivity contribution >= 4 is 6.03 Å². The molecule has 0 saturated carbocycles. The lowest BCUT2D eigenvalue weighted by Gasteiger charge is -2.18. The first-order valence-electron chi connectivity index (χ1n) is 2.96. The van der Waals surface area contributed by atoms with Gasteiger partial charge >= 0.3 is 6.03 Å². The van der Waals surface area contributed by atoms with Gasteiger partial charge in [-0.1, -0.05) is 0 Å². The quantitative estimate of drug-likeness (QED) is 0.512. The van der Waals surface area contributed by atoms with Crippen molar-refractivity contribution in [3.05, 3.63) is 0 Å². The van der Waals surface area contributed by atoms with Crippen LogP contribution in [0.5, 0.6) is 0 Å². The second-order valence-corrected chi connectivity index (χ2v) is 2.21. The van der Waals surface area contributed by atoms with Crippen molar-refractivity contribution in [3.63, 3.8) is 0 Å². The molecule has 0 heterocycles. The van der Waals surface area contributed by atoms with Gasteiger partial charge in [0.25, 0.3) is 0 Å². The van der Waals surface area contributed by atoms with E-state index in [9.17, 15) is 4.79 Å². The van der Waals surface area contributed by atoms with Crippen molar-refractivity contribution in [2.24, 2.45) is 0 Å². The van der Waals surface area contributed by atoms with Crippen LogP contribution in [0.2, 0.25) is 0 Å². The number of amides is 2. The Labute approximate surface area is 56.0 Å². The van der Waals surface area contributed by atoms with Gasteiger partial charge in [-0.25, -0.2) is 10.1 Å². The predicted octanol–water partition coefficient (Wildman–Crippen LogP) is 0.681. The zero-order valence-electron chi connectivity index (χ0n) is 6.38. The molecule has 0 aliphatic rings. The van der Waals surface area contributed by atoms with E-state index in [0.717, 1.165) is 0 Å². The molecule has 9 heavy (non-hydrogen) atoms. The third kappa shape index (κ3) is 2.35. The smallest absolute Gasteiger partial charge is 0.324 e. The van der Waals surface area contributed by atoms with Gasteiger partial charge in [0, 0.05) is 20.1 Å². The first-order chi connectivity index (χ1) is 4.09. The van der Waals surface area contributed by atoms with Crippen molar-refractivity contribution in [3.8, 4) is 0 Å². The molecule has 0 aromatic heterocycles. The van der Waals surface area contributed by atoms with Crippen LogP contribution in [0, 0.1) is 0 Å². The molecule has 53 valence electrons. The first-order valence-corrected chi connectivity index (χ1v) is 2.96. The van der Waals surface area contributed by atoms with Gasteiger partial charge in [0.05, 0.1) is 0 Å². The van der Waals surface area contributed by atoms with Crippen LogP contribution in [0.4, 0.5) is 4.79 Å². The highest BCUT2D eigenvalue weighted by Gasteiger charge is 2.08. The minimum absolute atomic E-state index is 0.162. The van der Waals surface area contributed by atoms with Crippen LogP contribution in [0.15, 0.2) is 0 Å². The third-order valence-corrected chi connectivity index (χ3v) is 1.27. The monoisotopic (exact) mass is 129 g/mol. The summed E-state index contributed by atoms with van der Waals surface area (Å²) in [7, 11) is 3.24. The lowest BCUT2D eigenvalue weighted by atomic mass is 10.4. The number of carbonyl (C=O) groups excluding carboxylic acids is 1. The molecule has 0 aromatic carbocycles. The maximum absolute atomic E-state index is 10.7. The average molecular weight is 129 g/mol. The fourth-order valence-corrected chi connectivity index (χ4v) is 0.379. The molecule has 0 aliphatic heterocycles. The molecular formula is C6H13N2O. The van der Waals surface area contributed by atoms with E-state index in [-0.39, 0.29) is 12.1 Å². The molecule has 0 bridgehead atoms. The van der Waals surface area contributed by atoms with Crippen molar-refractivity contribution in [2.45, 2.75) is 19.9 Å². The van der Waals surface area contributed by atoms with Crippen molar-refractivity contribution in [1.82, 2.24) is 10.2 Å². The van der Waals surface area contributed by atoms with Crippen LogP contribution < -0.4 is 5.32 Å². The van der Waals surface area contributed by atoms with Crippen LogP contribution in [0.25, 0.3) is 0 Å². The topological polar surface area (TPSA) is 34.4 Å². The third-order valence-electron chi connectivity index (χ3n) is 1.27. The minimum Gasteiger partial charge on any atom is -0.324 e. The SMILES string of the molecule is C[N]C(=O)N(C)C(C)C. The Morgan fingerprint density at radius 2 is 2.00 bits per heavy atom. The highest BCUT2D eigenvalue weighted by molar-refractivity contribution is 5.73. The molecule has 0 spiro atoms. The van der Waals surface area contributed by atoms with E-state index >= 15 is 0 Å². The Bertz CT molecular complexity index is 101. The Kier molecular flexibility index (Phi) is 3.06. The van der Waals surface area contributed by atoms with Crippen molar-refractivity contribution in [2.75, 3.05) is 14.1 Å². The minimum atomic E-state index is -0.162. The lowest BCUT2D eigenvalue weighted by molar-refractivity contribution is 0.199. The second kappa shape index (κ2) is 3.33. The first kappa shape index (κ1) is 8.27. The number of urea groups is 1. The Hall–Kier alpha value is -0.730. The molecular weight excluding hydrogens is 116 g/mol. The van der Waals surface area contributed by atoms with E-state index in [1.807, 2.05) is 13.8 Å². The Morgan fingerprint density at radius 1 is 1.56 bits per heavy atom. The fraction of sp³-hybridized carbons (Fsp3) is 0.833. The standard InChI is InChI=1S/C6H13N2O/c1-5(2)8(4)6(9)7-3/h5H,1-4H3. The maximum Gasteiger partial charge on any atom is 0.338 e. The molecule has 0 atom stereocenters. The van der Waals surface area contributed by atoms with Crippen LogP contribution in [0.1, 0.15) is 13.8 Å². The summed E-state index contributed by atoms with van der Waals surface area (Å²) in [6.07, 6.45) is 0. The number of carbonyl (C=O) groups is 1. The van der Waals surface area contributed by atoms with E-state index in [0.29, 0.717) is 0 Å². The highest BCUT2D eigenvalue weighted by atomic mass is 16.2. The Balaban J connectivity index is 3.72. The molecule has 3 nitrogen and oxygen atoms in total. The normalized spacial score (nSPS) is 9.44. The number of rotatable bonds is 1. The summed E-state index contributed by atoms with van der Waals surface area (Å²) in [5.41, 5.74) is 0. The highest BCUT2D eigenvalue weighted by Crippen LogP contribution is 1.92. The van der Waals surface area contributed by atoms with Crippen LogP contribution in [0.3, 0.4) is 0 Å². The molecule has 1 radical (unpaired) electrons. The van der Waals surface area contributed by atoms with Crippen LogP contribution in [-0.2, 0) is 0 Å². The van der Waals surface area contributed by atoms with Gasteiger partial charge in [-0.15, -0.1) is 0 Å². The second-order valence-electron chi connectivity index (χ2n) is 2.21. The average Bonchev–Trinajstić information content (AvgIpc) is 1.84. The summed E-state index contributed by atoms with van der Waals surface area (Å²) in [5, 5.41) is 3.50. The molecule has 0 rings (SSSR count). The molecule has 0 fully saturated rings. The zero-order valence-corrected chi connectivity index (χ0v) is 6.38. The molecule has 0 aromatic rings. The van der Waals surface area contributed by atoms with E-state index in [2.05, 4.69) is 5.32 Å². The number of nitrogens with zero attached hydrogens (tertiary/aromatic N) is 2. The zero-order chi connectivity index (χ0) is 7.44. The summed E-state index contributed by atoms with van der Waals surface area (Å²) in [6, 6.07) is 0.0752. The molecule has 3 heteroatoms. The van der Waals surface area contributed by atoms with Crippen molar-refractivity contribution in [1.29, 1.82) is 0 Å². The summed E-state index contributed by atoms with van der Waals surface area (Å²) >= 11 is 0. The molecule has 2 amide bonds. The lowest BCUT2D eigenvalue weighted by Crippen LogP contribution is -2.36. The van der Waals surface area contributed by atoms with Crippen LogP contribution in [-0.4, -0.2) is 31.1 Å². The van der Waals surface area contributed by atoms with E-state index < -0.39 is 0 Å². The van der Waals surface area contributed by atoms with Gasteiger partial charge in [0.2, 0.25) is 0 Å². The maximum atomic E-state index is 10.7. The number of hydrogen-bond acceptors (Lipinski definition) is 1. The largest absolute Gasteiger partial charge is 0.338 e. The fourth-order valence-electron chi connectivity index (χ4n) is 0.379. The number of hydrogen-bond donors (Lipinski definition) is 0. The van der Waals surface area contributed by atoms with Gasteiger partial charge < -0.3 is 4.90 Å².